The first-order chi connectivity index (χ1) is 14.4. The fourth-order valence-corrected chi connectivity index (χ4v) is 3.37. The number of pyridine rings is 1. The Hall–Kier alpha value is -3.74. The molecule has 0 aromatic carbocycles. The molecule has 1 saturated carbocycles. The summed E-state index contributed by atoms with van der Waals surface area (Å²) >= 11 is 0. The van der Waals surface area contributed by atoms with Crippen molar-refractivity contribution in [2.24, 2.45) is 0 Å². The number of rotatable bonds is 6. The van der Waals surface area contributed by atoms with Gasteiger partial charge in [-0.2, -0.15) is 20.0 Å². The quantitative estimate of drug-likeness (QED) is 0.632. The van der Waals surface area contributed by atoms with Crippen LogP contribution >= 0.6 is 0 Å². The highest BCUT2D eigenvalue weighted by molar-refractivity contribution is 5.41. The zero-order valence-corrected chi connectivity index (χ0v) is 16.7. The van der Waals surface area contributed by atoms with Gasteiger partial charge in [-0.15, -0.1) is 0 Å². The van der Waals surface area contributed by atoms with Gasteiger partial charge in [-0.05, 0) is 56.5 Å². The molecule has 3 aromatic heterocycles. The first-order valence-electron chi connectivity index (χ1n) is 9.74. The minimum atomic E-state index is -0.815. The molecule has 1 aliphatic rings. The van der Waals surface area contributed by atoms with Crippen LogP contribution in [0.1, 0.15) is 39.0 Å². The molecule has 0 aliphatic heterocycles. The lowest BCUT2D eigenvalue weighted by Crippen LogP contribution is -2.22. The van der Waals surface area contributed by atoms with Gasteiger partial charge in [-0.3, -0.25) is 4.79 Å². The summed E-state index contributed by atoms with van der Waals surface area (Å²) < 4.78 is 6.51. The van der Waals surface area contributed by atoms with Crippen molar-refractivity contribution < 1.29 is 4.52 Å². The summed E-state index contributed by atoms with van der Waals surface area (Å²) in [4.78, 5) is 20.6. The highest BCUT2D eigenvalue weighted by atomic mass is 16.5. The van der Waals surface area contributed by atoms with E-state index in [1.807, 2.05) is 12.1 Å². The van der Waals surface area contributed by atoms with E-state index in [1.54, 1.807) is 32.3 Å². The molecule has 2 atom stereocenters. The van der Waals surface area contributed by atoms with Crippen LogP contribution < -0.4 is 16.2 Å². The fraction of sp³-hybridized carbons (Fsp3) is 0.400. The largest absolute Gasteiger partial charge is 0.367 e. The van der Waals surface area contributed by atoms with E-state index < -0.39 is 5.41 Å². The molecule has 0 radical (unpaired) electrons. The van der Waals surface area contributed by atoms with E-state index >= 15 is 0 Å². The number of aromatic nitrogens is 5. The Balaban J connectivity index is 1.34. The van der Waals surface area contributed by atoms with Crippen LogP contribution in [0.3, 0.4) is 0 Å². The lowest BCUT2D eigenvalue weighted by atomic mass is 9.96. The van der Waals surface area contributed by atoms with Crippen LogP contribution in [-0.4, -0.2) is 37.0 Å². The number of hydrogen-bond acceptors (Lipinski definition) is 9. The van der Waals surface area contributed by atoms with Crippen LogP contribution in [0.4, 0.5) is 11.8 Å². The second kappa shape index (κ2) is 7.94. The average molecular weight is 406 g/mol. The second-order valence-electron chi connectivity index (χ2n) is 7.83. The van der Waals surface area contributed by atoms with E-state index in [2.05, 4.69) is 36.9 Å². The molecule has 0 spiro atoms. The molecule has 0 amide bonds. The number of nitriles is 1. The summed E-state index contributed by atoms with van der Waals surface area (Å²) in [6.45, 7) is 3.48. The third-order valence-electron chi connectivity index (χ3n) is 5.07. The molecule has 4 rings (SSSR count). The van der Waals surface area contributed by atoms with Gasteiger partial charge in [-0.1, -0.05) is 0 Å². The molecule has 30 heavy (non-hydrogen) atoms. The van der Waals surface area contributed by atoms with Crippen molar-refractivity contribution in [3.8, 4) is 11.8 Å². The van der Waals surface area contributed by atoms with Gasteiger partial charge in [0.05, 0.1) is 18.0 Å². The lowest BCUT2D eigenvalue weighted by Gasteiger charge is -2.14. The van der Waals surface area contributed by atoms with Gasteiger partial charge in [0.25, 0.3) is 11.5 Å². The maximum absolute atomic E-state index is 11.9. The van der Waals surface area contributed by atoms with Crippen molar-refractivity contribution in [3.05, 3.63) is 52.9 Å². The fourth-order valence-electron chi connectivity index (χ4n) is 3.37. The first-order valence-corrected chi connectivity index (χ1v) is 9.74. The summed E-state index contributed by atoms with van der Waals surface area (Å²) in [5, 5.41) is 23.9. The van der Waals surface area contributed by atoms with E-state index in [0.717, 1.165) is 25.1 Å². The SMILES string of the molecule is CC(C)(C#N)c1nc(N[C@H]2CC[C@H](Nc3ccc(-n4ncccc4=O)cn3)C2)no1. The molecule has 10 heteroatoms. The molecule has 0 saturated heterocycles. The number of nitrogens with zero attached hydrogens (tertiary/aromatic N) is 6. The van der Waals surface area contributed by atoms with Crippen LogP contribution in [0.15, 0.2) is 46.0 Å². The van der Waals surface area contributed by atoms with Crippen LogP contribution in [0, 0.1) is 11.3 Å². The van der Waals surface area contributed by atoms with E-state index in [0.29, 0.717) is 17.5 Å². The minimum Gasteiger partial charge on any atom is -0.367 e. The zero-order valence-electron chi connectivity index (χ0n) is 16.7. The molecule has 154 valence electrons. The number of nitrogens with one attached hydrogen (secondary N) is 2. The van der Waals surface area contributed by atoms with Gasteiger partial charge < -0.3 is 15.2 Å². The third kappa shape index (κ3) is 4.15. The Morgan fingerprint density at radius 2 is 2.03 bits per heavy atom. The maximum atomic E-state index is 11.9. The van der Waals surface area contributed by atoms with Crippen LogP contribution in [-0.2, 0) is 5.41 Å². The topological polar surface area (TPSA) is 135 Å². The molecule has 3 heterocycles. The molecule has 1 aliphatic carbocycles. The predicted octanol–water partition coefficient (Wildman–Crippen LogP) is 2.26. The van der Waals surface area contributed by atoms with Crippen molar-refractivity contribution in [2.45, 2.75) is 50.6 Å². The van der Waals surface area contributed by atoms with Crippen molar-refractivity contribution >= 4 is 11.8 Å². The first kappa shape index (κ1) is 19.6. The minimum absolute atomic E-state index is 0.199. The standard InChI is InChI=1S/C20H22N8O2/c1-20(2,12-21)18-26-19(27-30-18)25-14-6-5-13(10-14)24-16-8-7-15(11-22-16)28-17(29)4-3-9-23-28/h3-4,7-9,11,13-14H,5-6,10H2,1-2H3,(H,22,24)(H,25,27)/t13-,14-/m0/s1. The van der Waals surface area contributed by atoms with E-state index in [-0.39, 0.29) is 17.6 Å². The predicted molar refractivity (Wildman–Crippen MR) is 109 cm³/mol. The van der Waals surface area contributed by atoms with Gasteiger partial charge in [0.2, 0.25) is 5.89 Å². The van der Waals surface area contributed by atoms with Crippen molar-refractivity contribution in [1.82, 2.24) is 24.9 Å². The summed E-state index contributed by atoms with van der Waals surface area (Å²) in [5.41, 5.74) is -0.400. The van der Waals surface area contributed by atoms with Crippen molar-refractivity contribution in [3.63, 3.8) is 0 Å². The molecule has 3 aromatic rings. The van der Waals surface area contributed by atoms with E-state index in [4.69, 9.17) is 4.52 Å². The third-order valence-corrected chi connectivity index (χ3v) is 5.07. The van der Waals surface area contributed by atoms with Gasteiger partial charge in [0.1, 0.15) is 11.2 Å². The molecule has 10 nitrogen and oxygen atoms in total. The Morgan fingerprint density at radius 1 is 1.23 bits per heavy atom. The lowest BCUT2D eigenvalue weighted by molar-refractivity contribution is 0.340. The average Bonchev–Trinajstić information content (AvgIpc) is 3.39. The second-order valence-corrected chi connectivity index (χ2v) is 7.83. The maximum Gasteiger partial charge on any atom is 0.271 e. The molecule has 2 N–H and O–H groups in total. The Kier molecular flexibility index (Phi) is 5.18. The molecule has 1 fully saturated rings. The molecule has 0 bridgehead atoms. The van der Waals surface area contributed by atoms with Gasteiger partial charge in [0, 0.05) is 24.3 Å². The van der Waals surface area contributed by atoms with Crippen LogP contribution in [0.2, 0.25) is 0 Å². The monoisotopic (exact) mass is 406 g/mol. The van der Waals surface area contributed by atoms with Gasteiger partial charge >= 0.3 is 0 Å². The summed E-state index contributed by atoms with van der Waals surface area (Å²) in [5.74, 6) is 1.45. The molecule has 0 unspecified atom stereocenters. The molecular weight excluding hydrogens is 384 g/mol. The zero-order chi connectivity index (χ0) is 21.1. The van der Waals surface area contributed by atoms with E-state index in [9.17, 15) is 10.1 Å². The molecular formula is C20H22N8O2. The van der Waals surface area contributed by atoms with E-state index in [1.165, 1.54) is 10.7 Å². The Labute approximate surface area is 173 Å². The summed E-state index contributed by atoms with van der Waals surface area (Å²) in [6, 6.07) is 9.31. The van der Waals surface area contributed by atoms with Crippen LogP contribution in [0.5, 0.6) is 0 Å². The van der Waals surface area contributed by atoms with Crippen molar-refractivity contribution in [2.75, 3.05) is 10.6 Å². The van der Waals surface area contributed by atoms with Crippen molar-refractivity contribution in [1.29, 1.82) is 5.26 Å². The number of anilines is 2. The van der Waals surface area contributed by atoms with Gasteiger partial charge in [0.15, 0.2) is 0 Å². The normalized spacial score (nSPS) is 18.7. The number of hydrogen-bond donors (Lipinski definition) is 2. The highest BCUT2D eigenvalue weighted by Gasteiger charge is 2.29. The Bertz CT molecular complexity index is 1110. The smallest absolute Gasteiger partial charge is 0.271 e. The Morgan fingerprint density at radius 3 is 2.73 bits per heavy atom. The summed E-state index contributed by atoms with van der Waals surface area (Å²) in [7, 11) is 0. The summed E-state index contributed by atoms with van der Waals surface area (Å²) in [6.07, 6.45) is 5.97. The van der Waals surface area contributed by atoms with Crippen LogP contribution in [0.25, 0.3) is 5.69 Å². The van der Waals surface area contributed by atoms with Gasteiger partial charge in [-0.25, -0.2) is 4.98 Å². The highest BCUT2D eigenvalue weighted by Crippen LogP contribution is 2.26.